The Morgan fingerprint density at radius 1 is 1.07 bits per heavy atom. The highest BCUT2D eigenvalue weighted by molar-refractivity contribution is 7.99. The number of hydrogen-bond acceptors (Lipinski definition) is 5. The molecule has 3 aromatic rings. The van der Waals surface area contributed by atoms with E-state index in [2.05, 4.69) is 67.2 Å². The van der Waals surface area contributed by atoms with E-state index in [1.54, 1.807) is 6.07 Å². The summed E-state index contributed by atoms with van der Waals surface area (Å²) in [4.78, 5) is 10.9. The third-order valence-corrected chi connectivity index (χ3v) is 6.60. The molecule has 1 atom stereocenters. The van der Waals surface area contributed by atoms with Gasteiger partial charge in [0.25, 0.3) is 0 Å². The predicted molar refractivity (Wildman–Crippen MR) is 127 cm³/mol. The Morgan fingerprint density at radius 2 is 1.83 bits per heavy atom. The van der Waals surface area contributed by atoms with Crippen LogP contribution in [0.5, 0.6) is 5.75 Å². The van der Waals surface area contributed by atoms with Crippen LogP contribution >= 0.6 is 11.8 Å². The maximum atomic E-state index is 10.4. The summed E-state index contributed by atoms with van der Waals surface area (Å²) < 4.78 is 0. The van der Waals surface area contributed by atoms with Crippen molar-refractivity contribution in [2.75, 3.05) is 37.8 Å². The van der Waals surface area contributed by atoms with Crippen LogP contribution in [-0.4, -0.2) is 54.0 Å². The Bertz CT molecular complexity index is 1000. The van der Waals surface area contributed by atoms with Crippen molar-refractivity contribution in [1.82, 2.24) is 9.88 Å². The number of likely N-dealkylation sites (N-methyl/N-ethyl adjacent to an activating group) is 1. The highest BCUT2D eigenvalue weighted by Crippen LogP contribution is 2.34. The van der Waals surface area contributed by atoms with Crippen molar-refractivity contribution in [2.24, 2.45) is 0 Å². The molecule has 0 aliphatic carbocycles. The zero-order valence-corrected chi connectivity index (χ0v) is 18.7. The fraction of sp³-hybridized carbons (Fsp3) is 0.320. The quantitative estimate of drug-likeness (QED) is 0.544. The molecular formula is C25H29N3OS. The molecule has 2 aromatic carbocycles. The van der Waals surface area contributed by atoms with E-state index in [0.717, 1.165) is 47.9 Å². The SMILES string of the molecule is CCSc1ccc(-c2cc(-c3ccccc3O)nc(N3CCC(N(C)C)C3)c2)cc1. The number of aromatic nitrogens is 1. The number of benzene rings is 2. The van der Waals surface area contributed by atoms with E-state index in [4.69, 9.17) is 4.98 Å². The van der Waals surface area contributed by atoms with Crippen LogP contribution in [0.1, 0.15) is 13.3 Å². The molecule has 156 valence electrons. The van der Waals surface area contributed by atoms with Crippen molar-refractivity contribution in [2.45, 2.75) is 24.3 Å². The Kier molecular flexibility index (Phi) is 6.30. The van der Waals surface area contributed by atoms with Crippen LogP contribution < -0.4 is 4.90 Å². The molecular weight excluding hydrogens is 390 g/mol. The van der Waals surface area contributed by atoms with E-state index in [-0.39, 0.29) is 5.75 Å². The van der Waals surface area contributed by atoms with Crippen molar-refractivity contribution >= 4 is 17.6 Å². The summed E-state index contributed by atoms with van der Waals surface area (Å²) in [6, 6.07) is 21.0. The Hall–Kier alpha value is -2.50. The van der Waals surface area contributed by atoms with Gasteiger partial charge in [0.15, 0.2) is 0 Å². The van der Waals surface area contributed by atoms with E-state index in [1.807, 2.05) is 30.0 Å². The van der Waals surface area contributed by atoms with Crippen molar-refractivity contribution in [3.63, 3.8) is 0 Å². The van der Waals surface area contributed by atoms with Crippen molar-refractivity contribution in [3.8, 4) is 28.1 Å². The van der Waals surface area contributed by atoms with Crippen LogP contribution in [0.3, 0.4) is 0 Å². The lowest BCUT2D eigenvalue weighted by atomic mass is 10.0. The number of phenols is 1. The number of phenolic OH excluding ortho intramolecular Hbond substituents is 1. The van der Waals surface area contributed by atoms with Crippen molar-refractivity contribution in [3.05, 3.63) is 60.7 Å². The van der Waals surface area contributed by atoms with E-state index in [9.17, 15) is 5.11 Å². The molecule has 0 radical (unpaired) electrons. The van der Waals surface area contributed by atoms with Gasteiger partial charge in [-0.25, -0.2) is 4.98 Å². The third kappa shape index (κ3) is 4.47. The summed E-state index contributed by atoms with van der Waals surface area (Å²) in [5, 5.41) is 10.4. The summed E-state index contributed by atoms with van der Waals surface area (Å²) in [5.41, 5.74) is 3.86. The molecule has 0 amide bonds. The fourth-order valence-corrected chi connectivity index (χ4v) is 4.62. The lowest BCUT2D eigenvalue weighted by Crippen LogP contribution is -2.31. The number of anilines is 1. The van der Waals surface area contributed by atoms with Gasteiger partial charge in [-0.15, -0.1) is 11.8 Å². The van der Waals surface area contributed by atoms with Gasteiger partial charge in [0.1, 0.15) is 11.6 Å². The first-order chi connectivity index (χ1) is 14.5. The fourth-order valence-electron chi connectivity index (χ4n) is 3.95. The molecule has 4 rings (SSSR count). The highest BCUT2D eigenvalue weighted by atomic mass is 32.2. The lowest BCUT2D eigenvalue weighted by molar-refractivity contribution is 0.315. The second kappa shape index (κ2) is 9.11. The van der Waals surface area contributed by atoms with Crippen molar-refractivity contribution in [1.29, 1.82) is 0 Å². The van der Waals surface area contributed by atoms with Gasteiger partial charge in [-0.05, 0) is 73.8 Å². The Balaban J connectivity index is 1.76. The van der Waals surface area contributed by atoms with E-state index in [1.165, 1.54) is 10.5 Å². The second-order valence-corrected chi connectivity index (χ2v) is 9.26. The molecule has 1 aliphatic heterocycles. The number of nitrogens with zero attached hydrogens (tertiary/aromatic N) is 3. The molecule has 5 heteroatoms. The second-order valence-electron chi connectivity index (χ2n) is 7.93. The Morgan fingerprint density at radius 3 is 2.50 bits per heavy atom. The van der Waals surface area contributed by atoms with Gasteiger partial charge >= 0.3 is 0 Å². The summed E-state index contributed by atoms with van der Waals surface area (Å²) >= 11 is 1.85. The number of thioether (sulfide) groups is 1. The van der Waals surface area contributed by atoms with Gasteiger partial charge in [0.2, 0.25) is 0 Å². The summed E-state index contributed by atoms with van der Waals surface area (Å²) in [6.07, 6.45) is 1.13. The topological polar surface area (TPSA) is 39.6 Å². The molecule has 1 aliphatic rings. The van der Waals surface area contributed by atoms with Gasteiger partial charge in [-0.3, -0.25) is 0 Å². The number of aromatic hydroxyl groups is 1. The van der Waals surface area contributed by atoms with Crippen LogP contribution in [-0.2, 0) is 0 Å². The molecule has 1 saturated heterocycles. The van der Waals surface area contributed by atoms with E-state index >= 15 is 0 Å². The maximum absolute atomic E-state index is 10.4. The molecule has 0 bridgehead atoms. The highest BCUT2D eigenvalue weighted by Gasteiger charge is 2.25. The van der Waals surface area contributed by atoms with Crippen LogP contribution in [0.2, 0.25) is 0 Å². The minimum absolute atomic E-state index is 0.260. The molecule has 2 heterocycles. The van der Waals surface area contributed by atoms with Gasteiger partial charge in [0, 0.05) is 29.6 Å². The van der Waals surface area contributed by atoms with Crippen LogP contribution in [0, 0.1) is 0 Å². The van der Waals surface area contributed by atoms with Gasteiger partial charge in [-0.2, -0.15) is 0 Å². The average Bonchev–Trinajstić information content (AvgIpc) is 3.25. The van der Waals surface area contributed by atoms with Crippen LogP contribution in [0.25, 0.3) is 22.4 Å². The average molecular weight is 420 g/mol. The largest absolute Gasteiger partial charge is 0.507 e. The molecule has 30 heavy (non-hydrogen) atoms. The zero-order valence-electron chi connectivity index (χ0n) is 17.9. The standard InChI is InChI=1S/C25H29N3OS/c1-4-30-21-11-9-18(10-12-21)19-15-23(22-7-5-6-8-24(22)29)26-25(16-19)28-14-13-20(17-28)27(2)3/h5-12,15-16,20,29H,4,13-14,17H2,1-3H3. The molecule has 0 saturated carbocycles. The van der Waals surface area contributed by atoms with Crippen molar-refractivity contribution < 1.29 is 5.11 Å². The Labute approximate surface area is 183 Å². The first kappa shape index (κ1) is 20.8. The zero-order chi connectivity index (χ0) is 21.1. The maximum Gasteiger partial charge on any atom is 0.129 e. The van der Waals surface area contributed by atoms with Gasteiger partial charge < -0.3 is 14.9 Å². The van der Waals surface area contributed by atoms with Crippen LogP contribution in [0.4, 0.5) is 5.82 Å². The summed E-state index contributed by atoms with van der Waals surface area (Å²) in [7, 11) is 4.28. The van der Waals surface area contributed by atoms with E-state index in [0.29, 0.717) is 6.04 Å². The molecule has 1 aromatic heterocycles. The molecule has 1 N–H and O–H groups in total. The normalized spacial score (nSPS) is 16.4. The van der Waals surface area contributed by atoms with E-state index < -0.39 is 0 Å². The first-order valence-corrected chi connectivity index (χ1v) is 11.5. The first-order valence-electron chi connectivity index (χ1n) is 10.5. The number of hydrogen-bond donors (Lipinski definition) is 1. The van der Waals surface area contributed by atoms with Gasteiger partial charge in [-0.1, -0.05) is 31.2 Å². The summed E-state index contributed by atoms with van der Waals surface area (Å²) in [5.74, 6) is 2.30. The number of para-hydroxylation sites is 1. The smallest absolute Gasteiger partial charge is 0.129 e. The van der Waals surface area contributed by atoms with Gasteiger partial charge in [0.05, 0.1) is 5.69 Å². The molecule has 0 spiro atoms. The minimum atomic E-state index is 0.260. The number of rotatable bonds is 6. The predicted octanol–water partition coefficient (Wildman–Crippen LogP) is 5.37. The lowest BCUT2D eigenvalue weighted by Gasteiger charge is -2.22. The molecule has 4 nitrogen and oxygen atoms in total. The molecule has 1 fully saturated rings. The minimum Gasteiger partial charge on any atom is -0.507 e. The monoisotopic (exact) mass is 419 g/mol. The third-order valence-electron chi connectivity index (χ3n) is 5.71. The summed E-state index contributed by atoms with van der Waals surface area (Å²) in [6.45, 7) is 4.13. The number of pyridine rings is 1. The van der Waals surface area contributed by atoms with Crippen LogP contribution in [0.15, 0.2) is 65.6 Å². The molecule has 1 unspecified atom stereocenters.